The largest absolute Gasteiger partial charge is 0.207 e. The molecular weight excluding hydrogens is 183 g/mol. The Morgan fingerprint density at radius 1 is 1.44 bits per heavy atom. The molecule has 0 bridgehead atoms. The van der Waals surface area contributed by atoms with Gasteiger partial charge in [-0.05, 0) is 17.7 Å². The third-order valence-corrected chi connectivity index (χ3v) is 1.46. The van der Waals surface area contributed by atoms with Crippen molar-refractivity contribution in [2.75, 3.05) is 0 Å². The second-order valence-corrected chi connectivity index (χ2v) is 2.58. The highest BCUT2D eigenvalue weighted by Crippen LogP contribution is 2.13. The van der Waals surface area contributed by atoms with Gasteiger partial charge in [-0.1, -0.05) is 22.0 Å². The quantitative estimate of drug-likeness (QED) is 0.585. The Hall–Kier alpha value is -0.370. The summed E-state index contributed by atoms with van der Waals surface area (Å²) in [6.07, 6.45) is 0. The molecule has 0 amide bonds. The van der Waals surface area contributed by atoms with Crippen LogP contribution < -0.4 is 0 Å². The summed E-state index contributed by atoms with van der Waals surface area (Å²) in [5.74, 6) is -0.385. The number of hydrogen-bond acceptors (Lipinski definition) is 0. The molecular formula is C7H4BrF. The molecule has 0 saturated heterocycles. The minimum Gasteiger partial charge on any atom is -0.207 e. The van der Waals surface area contributed by atoms with Gasteiger partial charge in [-0.2, -0.15) is 0 Å². The highest BCUT2D eigenvalue weighted by atomic mass is 79.9. The van der Waals surface area contributed by atoms with Gasteiger partial charge in [0.2, 0.25) is 0 Å². The lowest BCUT2D eigenvalue weighted by molar-refractivity contribution is 0.622. The van der Waals surface area contributed by atoms with Crippen molar-refractivity contribution in [1.82, 2.24) is 0 Å². The van der Waals surface area contributed by atoms with Crippen molar-refractivity contribution in [3.05, 3.63) is 41.0 Å². The van der Waals surface area contributed by atoms with E-state index in [1.807, 2.05) is 0 Å². The predicted molar refractivity (Wildman–Crippen MR) is 37.5 cm³/mol. The summed E-state index contributed by atoms with van der Waals surface area (Å²) in [6, 6.07) is 4.53. The summed E-state index contributed by atoms with van der Waals surface area (Å²) in [6.45, 7) is 5.19. The van der Waals surface area contributed by atoms with E-state index in [2.05, 4.69) is 15.9 Å². The molecule has 0 saturated carbocycles. The first-order chi connectivity index (χ1) is 4.20. The fourth-order valence-corrected chi connectivity index (χ4v) is 0.835. The lowest BCUT2D eigenvalue weighted by Crippen LogP contribution is -1.78. The van der Waals surface area contributed by atoms with Gasteiger partial charge >= 0.3 is 0 Å². The van der Waals surface area contributed by atoms with E-state index < -0.39 is 0 Å². The second kappa shape index (κ2) is 2.48. The van der Waals surface area contributed by atoms with Crippen LogP contribution in [-0.4, -0.2) is 0 Å². The van der Waals surface area contributed by atoms with Gasteiger partial charge in [0.05, 0.1) is 0 Å². The van der Waals surface area contributed by atoms with Gasteiger partial charge in [-0.15, -0.1) is 0 Å². The summed E-state index contributed by atoms with van der Waals surface area (Å²) in [5, 5.41) is 0. The van der Waals surface area contributed by atoms with Gasteiger partial charge in [-0.25, -0.2) is 4.39 Å². The minimum atomic E-state index is -0.385. The molecule has 0 fully saturated rings. The maximum Gasteiger partial charge on any atom is 0.127 e. The lowest BCUT2D eigenvalue weighted by atomic mass is 10.2. The molecule has 0 aliphatic rings. The van der Waals surface area contributed by atoms with Crippen LogP contribution in [0.2, 0.25) is 0 Å². The Bertz CT molecular complexity index is 220. The first-order valence-electron chi connectivity index (χ1n) is 2.40. The zero-order chi connectivity index (χ0) is 6.85. The molecule has 1 aromatic rings. The highest BCUT2D eigenvalue weighted by molar-refractivity contribution is 9.10. The van der Waals surface area contributed by atoms with Crippen LogP contribution in [-0.2, 0) is 0 Å². The van der Waals surface area contributed by atoms with E-state index in [1.54, 1.807) is 6.07 Å². The monoisotopic (exact) mass is 186 g/mol. The Morgan fingerprint density at radius 3 is 2.56 bits per heavy atom. The topological polar surface area (TPSA) is 0 Å². The first kappa shape index (κ1) is 6.75. The zero-order valence-electron chi connectivity index (χ0n) is 4.57. The Morgan fingerprint density at radius 2 is 2.11 bits per heavy atom. The van der Waals surface area contributed by atoms with Crippen molar-refractivity contribution >= 4 is 15.9 Å². The van der Waals surface area contributed by atoms with E-state index >= 15 is 0 Å². The van der Waals surface area contributed by atoms with Gasteiger partial charge in [0.25, 0.3) is 0 Å². The van der Waals surface area contributed by atoms with Crippen LogP contribution in [0.1, 0.15) is 5.56 Å². The molecule has 46 valence electrons. The van der Waals surface area contributed by atoms with Crippen molar-refractivity contribution in [2.45, 2.75) is 0 Å². The normalized spacial score (nSPS) is 9.67. The van der Waals surface area contributed by atoms with E-state index in [0.29, 0.717) is 4.47 Å². The van der Waals surface area contributed by atoms with E-state index in [4.69, 9.17) is 6.92 Å². The van der Waals surface area contributed by atoms with Crippen LogP contribution >= 0.6 is 15.9 Å². The van der Waals surface area contributed by atoms with Crippen molar-refractivity contribution < 1.29 is 4.39 Å². The van der Waals surface area contributed by atoms with Crippen LogP contribution in [0.5, 0.6) is 0 Å². The Labute approximate surface area is 61.8 Å². The Kier molecular flexibility index (Phi) is 1.86. The first-order valence-corrected chi connectivity index (χ1v) is 3.20. The van der Waals surface area contributed by atoms with Crippen LogP contribution in [0.25, 0.3) is 0 Å². The molecule has 0 aromatic heterocycles. The third kappa shape index (κ3) is 1.52. The van der Waals surface area contributed by atoms with Crippen molar-refractivity contribution in [3.8, 4) is 0 Å². The number of rotatable bonds is 0. The van der Waals surface area contributed by atoms with Crippen molar-refractivity contribution in [1.29, 1.82) is 0 Å². The number of halogens is 2. The molecule has 0 nitrogen and oxygen atoms in total. The van der Waals surface area contributed by atoms with Crippen LogP contribution in [0.4, 0.5) is 4.39 Å². The van der Waals surface area contributed by atoms with E-state index in [0.717, 1.165) is 0 Å². The van der Waals surface area contributed by atoms with Crippen LogP contribution in [0.3, 0.4) is 0 Å². The summed E-state index contributed by atoms with van der Waals surface area (Å²) in [5.41, 5.74) is 0.179. The van der Waals surface area contributed by atoms with Crippen LogP contribution in [0.15, 0.2) is 22.7 Å². The van der Waals surface area contributed by atoms with E-state index in [1.165, 1.54) is 12.1 Å². The SMILES string of the molecule is [CH]c1ccc(Br)cc1F. The van der Waals surface area contributed by atoms with Gasteiger partial charge in [0.1, 0.15) is 5.82 Å². The van der Waals surface area contributed by atoms with Gasteiger partial charge in [-0.3, -0.25) is 0 Å². The summed E-state index contributed by atoms with van der Waals surface area (Å²) in [4.78, 5) is 0. The molecule has 0 heterocycles. The molecule has 0 atom stereocenters. The fraction of sp³-hybridized carbons (Fsp3) is 0. The predicted octanol–water partition coefficient (Wildman–Crippen LogP) is 2.65. The molecule has 9 heavy (non-hydrogen) atoms. The third-order valence-electron chi connectivity index (χ3n) is 0.962. The summed E-state index contributed by atoms with van der Waals surface area (Å²) in [7, 11) is 0. The van der Waals surface area contributed by atoms with Crippen molar-refractivity contribution in [2.24, 2.45) is 0 Å². The molecule has 0 spiro atoms. The molecule has 1 aromatic carbocycles. The van der Waals surface area contributed by atoms with Gasteiger partial charge in [0, 0.05) is 11.4 Å². The lowest BCUT2D eigenvalue weighted by Gasteiger charge is -1.93. The second-order valence-electron chi connectivity index (χ2n) is 1.67. The van der Waals surface area contributed by atoms with E-state index in [-0.39, 0.29) is 11.4 Å². The molecule has 0 N–H and O–H groups in total. The zero-order valence-corrected chi connectivity index (χ0v) is 6.15. The Balaban J connectivity index is 3.17. The maximum atomic E-state index is 12.4. The standard InChI is InChI=1S/C7H4BrF/c1-5-2-3-6(8)4-7(5)9/h1-4H. The summed E-state index contributed by atoms with van der Waals surface area (Å²) < 4.78 is 13.1. The summed E-state index contributed by atoms with van der Waals surface area (Å²) >= 11 is 3.10. The molecule has 1 rings (SSSR count). The van der Waals surface area contributed by atoms with Gasteiger partial charge in [0.15, 0.2) is 0 Å². The molecule has 0 aliphatic heterocycles. The molecule has 0 aliphatic carbocycles. The van der Waals surface area contributed by atoms with Crippen LogP contribution in [0, 0.1) is 12.7 Å². The average Bonchev–Trinajstić information content (AvgIpc) is 1.80. The molecule has 2 heteroatoms. The fourth-order valence-electron chi connectivity index (χ4n) is 0.502. The minimum absolute atomic E-state index is 0.179. The number of benzene rings is 1. The van der Waals surface area contributed by atoms with Crippen molar-refractivity contribution in [3.63, 3.8) is 0 Å². The highest BCUT2D eigenvalue weighted by Gasteiger charge is 1.94. The molecule has 2 radical (unpaired) electrons. The molecule has 0 unspecified atom stereocenters. The smallest absolute Gasteiger partial charge is 0.127 e. The van der Waals surface area contributed by atoms with Gasteiger partial charge < -0.3 is 0 Å². The number of hydrogen-bond donors (Lipinski definition) is 0. The maximum absolute atomic E-state index is 12.4. The van der Waals surface area contributed by atoms with E-state index in [9.17, 15) is 4.39 Å². The average molecular weight is 187 g/mol.